The highest BCUT2D eigenvalue weighted by atomic mass is 32.2. The highest BCUT2D eigenvalue weighted by molar-refractivity contribution is 7.89. The van der Waals surface area contributed by atoms with Crippen LogP contribution in [0.15, 0.2) is 29.2 Å². The molecule has 4 nitrogen and oxygen atoms in total. The maximum absolute atomic E-state index is 12.6. The second-order valence-electron chi connectivity index (χ2n) is 4.72. The molecule has 0 bridgehead atoms. The zero-order valence-electron chi connectivity index (χ0n) is 11.8. The molecule has 1 N–H and O–H groups in total. The van der Waals surface area contributed by atoms with Crippen molar-refractivity contribution in [3.05, 3.63) is 24.3 Å². The average molecular weight is 285 g/mol. The Morgan fingerprint density at radius 1 is 1.32 bits per heavy atom. The van der Waals surface area contributed by atoms with Crippen molar-refractivity contribution in [2.45, 2.75) is 51.0 Å². The second-order valence-corrected chi connectivity index (χ2v) is 6.61. The minimum Gasteiger partial charge on any atom is -0.508 e. The third-order valence-electron chi connectivity index (χ3n) is 3.24. The van der Waals surface area contributed by atoms with Gasteiger partial charge in [0.1, 0.15) is 5.75 Å². The van der Waals surface area contributed by atoms with Crippen molar-refractivity contribution in [1.29, 1.82) is 0 Å². The summed E-state index contributed by atoms with van der Waals surface area (Å²) in [5.74, 6) is -0.0272. The van der Waals surface area contributed by atoms with E-state index in [1.165, 1.54) is 22.5 Å². The van der Waals surface area contributed by atoms with Gasteiger partial charge in [0, 0.05) is 12.6 Å². The number of sulfonamides is 1. The molecule has 0 aliphatic heterocycles. The van der Waals surface area contributed by atoms with Gasteiger partial charge in [0.2, 0.25) is 10.0 Å². The Kier molecular flexibility index (Phi) is 5.82. The van der Waals surface area contributed by atoms with E-state index in [2.05, 4.69) is 0 Å². The van der Waals surface area contributed by atoms with Crippen LogP contribution < -0.4 is 0 Å². The largest absolute Gasteiger partial charge is 0.508 e. The van der Waals surface area contributed by atoms with Gasteiger partial charge >= 0.3 is 0 Å². The minimum absolute atomic E-state index is 0.0272. The number of aromatic hydroxyl groups is 1. The van der Waals surface area contributed by atoms with Crippen molar-refractivity contribution in [2.75, 3.05) is 6.54 Å². The van der Waals surface area contributed by atoms with Crippen LogP contribution in [0.3, 0.4) is 0 Å². The summed E-state index contributed by atoms with van der Waals surface area (Å²) in [5, 5.41) is 9.45. The molecule has 0 saturated carbocycles. The molecule has 0 spiro atoms. The number of phenolic OH excluding ortho intramolecular Hbond substituents is 1. The van der Waals surface area contributed by atoms with Gasteiger partial charge in [0.05, 0.1) is 4.90 Å². The molecule has 0 aliphatic carbocycles. The van der Waals surface area contributed by atoms with E-state index in [4.69, 9.17) is 0 Å². The lowest BCUT2D eigenvalue weighted by atomic mass is 10.2. The molecule has 1 aromatic rings. The summed E-state index contributed by atoms with van der Waals surface area (Å²) in [6, 6.07) is 5.81. The van der Waals surface area contributed by atoms with Crippen molar-refractivity contribution >= 4 is 10.0 Å². The highest BCUT2D eigenvalue weighted by Crippen LogP contribution is 2.23. The fourth-order valence-corrected chi connectivity index (χ4v) is 3.66. The standard InChI is InChI=1S/C14H23NO3S/c1-4-6-10-15(12(3)5-2)19(17,18)14-9-7-8-13(16)11-14/h7-9,11-12,16H,4-6,10H2,1-3H3. The number of hydrogen-bond donors (Lipinski definition) is 1. The van der Waals surface area contributed by atoms with E-state index in [9.17, 15) is 13.5 Å². The number of unbranched alkanes of at least 4 members (excludes halogenated alkanes) is 1. The number of benzene rings is 1. The van der Waals surface area contributed by atoms with Crippen molar-refractivity contribution in [3.8, 4) is 5.75 Å². The molecule has 1 atom stereocenters. The van der Waals surface area contributed by atoms with Gasteiger partial charge in [-0.1, -0.05) is 26.3 Å². The fraction of sp³-hybridized carbons (Fsp3) is 0.571. The Morgan fingerprint density at radius 3 is 2.53 bits per heavy atom. The molecule has 0 heterocycles. The lowest BCUT2D eigenvalue weighted by molar-refractivity contribution is 0.324. The van der Waals surface area contributed by atoms with E-state index in [0.29, 0.717) is 6.54 Å². The van der Waals surface area contributed by atoms with Crippen molar-refractivity contribution in [2.24, 2.45) is 0 Å². The molecule has 0 radical (unpaired) electrons. The van der Waals surface area contributed by atoms with Crippen molar-refractivity contribution < 1.29 is 13.5 Å². The van der Waals surface area contributed by atoms with E-state index in [1.54, 1.807) is 6.07 Å². The fourth-order valence-electron chi connectivity index (χ4n) is 1.87. The van der Waals surface area contributed by atoms with Gasteiger partial charge in [0.15, 0.2) is 0 Å². The maximum Gasteiger partial charge on any atom is 0.243 e. The van der Waals surface area contributed by atoms with Gasteiger partial charge < -0.3 is 5.11 Å². The molecular weight excluding hydrogens is 262 g/mol. The summed E-state index contributed by atoms with van der Waals surface area (Å²) < 4.78 is 26.7. The van der Waals surface area contributed by atoms with Gasteiger partial charge in [-0.15, -0.1) is 0 Å². The van der Waals surface area contributed by atoms with E-state index in [-0.39, 0.29) is 16.7 Å². The van der Waals surface area contributed by atoms with Crippen LogP contribution in [0, 0.1) is 0 Å². The maximum atomic E-state index is 12.6. The molecule has 1 rings (SSSR count). The van der Waals surface area contributed by atoms with E-state index < -0.39 is 10.0 Å². The lowest BCUT2D eigenvalue weighted by Crippen LogP contribution is -2.38. The van der Waals surface area contributed by atoms with Crippen molar-refractivity contribution in [1.82, 2.24) is 4.31 Å². The normalized spacial score (nSPS) is 13.7. The third-order valence-corrected chi connectivity index (χ3v) is 5.25. The van der Waals surface area contributed by atoms with Crippen LogP contribution in [0.1, 0.15) is 40.0 Å². The Balaban J connectivity index is 3.11. The monoisotopic (exact) mass is 285 g/mol. The van der Waals surface area contributed by atoms with Crippen LogP contribution in [-0.4, -0.2) is 30.4 Å². The Labute approximate surface area is 116 Å². The van der Waals surface area contributed by atoms with Gasteiger partial charge in [-0.05, 0) is 38.0 Å². The first-order valence-corrected chi connectivity index (χ1v) is 8.18. The molecule has 0 aliphatic rings. The SMILES string of the molecule is CCCCN(C(C)CC)S(=O)(=O)c1cccc(O)c1. The van der Waals surface area contributed by atoms with Crippen LogP contribution in [-0.2, 0) is 10.0 Å². The molecule has 1 unspecified atom stereocenters. The number of hydrogen-bond acceptors (Lipinski definition) is 3. The van der Waals surface area contributed by atoms with Crippen LogP contribution in [0.25, 0.3) is 0 Å². The number of nitrogens with zero attached hydrogens (tertiary/aromatic N) is 1. The quantitative estimate of drug-likeness (QED) is 0.838. The first-order chi connectivity index (χ1) is 8.93. The van der Waals surface area contributed by atoms with Crippen molar-refractivity contribution in [3.63, 3.8) is 0 Å². The smallest absolute Gasteiger partial charge is 0.243 e. The second kappa shape index (κ2) is 6.91. The summed E-state index contributed by atoms with van der Waals surface area (Å²) in [6.45, 7) is 6.44. The molecule has 5 heteroatoms. The predicted octanol–water partition coefficient (Wildman–Crippen LogP) is 2.98. The van der Waals surface area contributed by atoms with E-state index in [1.807, 2.05) is 20.8 Å². The summed E-state index contributed by atoms with van der Waals surface area (Å²) in [5.41, 5.74) is 0. The molecule has 0 saturated heterocycles. The van der Waals surface area contributed by atoms with Gasteiger partial charge in [-0.25, -0.2) is 8.42 Å². The predicted molar refractivity (Wildman–Crippen MR) is 76.7 cm³/mol. The third kappa shape index (κ3) is 3.94. The topological polar surface area (TPSA) is 57.6 Å². The van der Waals surface area contributed by atoms with E-state index in [0.717, 1.165) is 19.3 Å². The van der Waals surface area contributed by atoms with Gasteiger partial charge in [-0.2, -0.15) is 4.31 Å². The number of phenols is 1. The van der Waals surface area contributed by atoms with Gasteiger partial charge in [0.25, 0.3) is 0 Å². The molecular formula is C14H23NO3S. The minimum atomic E-state index is -3.53. The summed E-state index contributed by atoms with van der Waals surface area (Å²) in [7, 11) is -3.53. The molecule has 0 fully saturated rings. The van der Waals surface area contributed by atoms with Crippen LogP contribution >= 0.6 is 0 Å². The lowest BCUT2D eigenvalue weighted by Gasteiger charge is -2.27. The van der Waals surface area contributed by atoms with Crippen LogP contribution in [0.2, 0.25) is 0 Å². The average Bonchev–Trinajstić information content (AvgIpc) is 2.38. The summed E-state index contributed by atoms with van der Waals surface area (Å²) in [6.07, 6.45) is 2.55. The Hall–Kier alpha value is -1.07. The molecule has 1 aromatic carbocycles. The molecule has 108 valence electrons. The highest BCUT2D eigenvalue weighted by Gasteiger charge is 2.27. The van der Waals surface area contributed by atoms with Crippen LogP contribution in [0.5, 0.6) is 5.75 Å². The first-order valence-electron chi connectivity index (χ1n) is 6.74. The Bertz CT molecular complexity index is 499. The summed E-state index contributed by atoms with van der Waals surface area (Å²) in [4.78, 5) is 0.156. The zero-order valence-corrected chi connectivity index (χ0v) is 12.7. The first kappa shape index (κ1) is 16.0. The van der Waals surface area contributed by atoms with Crippen LogP contribution in [0.4, 0.5) is 0 Å². The zero-order chi connectivity index (χ0) is 14.5. The van der Waals surface area contributed by atoms with E-state index >= 15 is 0 Å². The van der Waals surface area contributed by atoms with Gasteiger partial charge in [-0.3, -0.25) is 0 Å². The Morgan fingerprint density at radius 2 is 2.00 bits per heavy atom. The summed E-state index contributed by atoms with van der Waals surface area (Å²) >= 11 is 0. The molecule has 0 amide bonds. The number of rotatable bonds is 7. The molecule has 0 aromatic heterocycles. The molecule has 19 heavy (non-hydrogen) atoms.